The lowest BCUT2D eigenvalue weighted by atomic mass is 9.90. The van der Waals surface area contributed by atoms with Gasteiger partial charge in [-0.15, -0.1) is 13.2 Å². The number of benzene rings is 2. The van der Waals surface area contributed by atoms with E-state index in [-0.39, 0.29) is 5.92 Å². The number of rotatable bonds is 6. The fourth-order valence-corrected chi connectivity index (χ4v) is 2.58. The fourth-order valence-electron chi connectivity index (χ4n) is 2.58. The van der Waals surface area contributed by atoms with Crippen LogP contribution < -0.4 is 0 Å². The van der Waals surface area contributed by atoms with Gasteiger partial charge in [0.15, 0.2) is 0 Å². The first-order chi connectivity index (χ1) is 10.6. The summed E-state index contributed by atoms with van der Waals surface area (Å²) in [5.74, 6) is 0.774. The van der Waals surface area contributed by atoms with E-state index in [1.54, 1.807) is 24.3 Å². The zero-order chi connectivity index (χ0) is 16.1. The van der Waals surface area contributed by atoms with Crippen molar-refractivity contribution in [1.82, 2.24) is 0 Å². The molecular weight excluding hydrogens is 272 g/mol. The maximum Gasteiger partial charge on any atom is 0.119 e. The Kier molecular flexibility index (Phi) is 5.05. The third-order valence-corrected chi connectivity index (χ3v) is 3.94. The van der Waals surface area contributed by atoms with Gasteiger partial charge in [-0.05, 0) is 47.2 Å². The van der Waals surface area contributed by atoms with Crippen molar-refractivity contribution in [3.63, 3.8) is 0 Å². The molecule has 2 aromatic rings. The van der Waals surface area contributed by atoms with Gasteiger partial charge < -0.3 is 10.2 Å². The predicted octanol–water partition coefficient (Wildman–Crippen LogP) is 4.71. The van der Waals surface area contributed by atoms with Gasteiger partial charge >= 0.3 is 0 Å². The minimum atomic E-state index is 0.174. The normalized spacial score (nSPS) is 10.6. The summed E-state index contributed by atoms with van der Waals surface area (Å²) >= 11 is 0. The average molecular weight is 294 g/mol. The highest BCUT2D eigenvalue weighted by Crippen LogP contribution is 2.31. The van der Waals surface area contributed by atoms with Crippen LogP contribution in [-0.4, -0.2) is 10.2 Å². The zero-order valence-corrected chi connectivity index (χ0v) is 12.9. The topological polar surface area (TPSA) is 40.5 Å². The SMILES string of the molecule is C=CCc1cc(C(C)c2ccc(O)c(CC=C)c2)ccc1O. The van der Waals surface area contributed by atoms with Gasteiger partial charge in [-0.3, -0.25) is 0 Å². The van der Waals surface area contributed by atoms with Gasteiger partial charge in [0, 0.05) is 5.92 Å². The predicted molar refractivity (Wildman–Crippen MR) is 91.5 cm³/mol. The van der Waals surface area contributed by atoms with Crippen LogP contribution in [0.4, 0.5) is 0 Å². The largest absolute Gasteiger partial charge is 0.508 e. The van der Waals surface area contributed by atoms with Gasteiger partial charge in [0.1, 0.15) is 11.5 Å². The lowest BCUT2D eigenvalue weighted by Crippen LogP contribution is -1.99. The molecule has 0 aliphatic rings. The van der Waals surface area contributed by atoms with Gasteiger partial charge in [-0.1, -0.05) is 43.3 Å². The molecule has 0 radical (unpaired) electrons. The first-order valence-electron chi connectivity index (χ1n) is 7.42. The van der Waals surface area contributed by atoms with Gasteiger partial charge in [0.25, 0.3) is 0 Å². The van der Waals surface area contributed by atoms with Crippen LogP contribution in [0.25, 0.3) is 0 Å². The Morgan fingerprint density at radius 2 is 1.27 bits per heavy atom. The molecule has 2 N–H and O–H groups in total. The number of phenolic OH excluding ortho intramolecular Hbond substituents is 2. The molecule has 2 nitrogen and oxygen atoms in total. The molecule has 0 saturated heterocycles. The number of allylic oxidation sites excluding steroid dienone is 2. The van der Waals surface area contributed by atoms with Crippen molar-refractivity contribution in [3.8, 4) is 11.5 Å². The van der Waals surface area contributed by atoms with Gasteiger partial charge in [0.2, 0.25) is 0 Å². The molecule has 0 fully saturated rings. The second-order valence-corrected chi connectivity index (χ2v) is 5.48. The highest BCUT2D eigenvalue weighted by molar-refractivity contribution is 5.44. The van der Waals surface area contributed by atoms with Crippen molar-refractivity contribution in [2.45, 2.75) is 25.7 Å². The Morgan fingerprint density at radius 3 is 1.64 bits per heavy atom. The standard InChI is InChI=1S/C20H22O2/c1-4-6-17-12-15(8-10-19(17)21)14(3)16-9-11-20(22)18(13-16)7-5-2/h4-5,8-14,21-22H,1-2,6-7H2,3H3. The minimum absolute atomic E-state index is 0.174. The molecule has 0 aliphatic heterocycles. The summed E-state index contributed by atoms with van der Waals surface area (Å²) in [5.41, 5.74) is 4.02. The molecule has 0 aliphatic carbocycles. The number of phenols is 2. The summed E-state index contributed by atoms with van der Waals surface area (Å²) in [7, 11) is 0. The van der Waals surface area contributed by atoms with E-state index in [4.69, 9.17) is 0 Å². The van der Waals surface area contributed by atoms with Crippen molar-refractivity contribution in [1.29, 1.82) is 0 Å². The summed E-state index contributed by atoms with van der Waals surface area (Å²) in [6.45, 7) is 9.57. The van der Waals surface area contributed by atoms with Crippen LogP contribution in [0.2, 0.25) is 0 Å². The zero-order valence-electron chi connectivity index (χ0n) is 12.9. The highest BCUT2D eigenvalue weighted by Gasteiger charge is 2.12. The van der Waals surface area contributed by atoms with Crippen molar-refractivity contribution < 1.29 is 10.2 Å². The van der Waals surface area contributed by atoms with Crippen molar-refractivity contribution in [2.75, 3.05) is 0 Å². The van der Waals surface area contributed by atoms with Crippen LogP contribution >= 0.6 is 0 Å². The summed E-state index contributed by atoms with van der Waals surface area (Å²) in [4.78, 5) is 0. The van der Waals surface area contributed by atoms with Crippen LogP contribution in [0, 0.1) is 0 Å². The van der Waals surface area contributed by atoms with Crippen LogP contribution in [0.3, 0.4) is 0 Å². The van der Waals surface area contributed by atoms with E-state index in [0.29, 0.717) is 24.3 Å². The first kappa shape index (κ1) is 15.9. The molecule has 0 spiro atoms. The highest BCUT2D eigenvalue weighted by atomic mass is 16.3. The Balaban J connectivity index is 2.37. The number of hydrogen-bond acceptors (Lipinski definition) is 2. The maximum atomic E-state index is 9.88. The molecule has 2 rings (SSSR count). The van der Waals surface area contributed by atoms with E-state index in [9.17, 15) is 10.2 Å². The lowest BCUT2D eigenvalue weighted by Gasteiger charge is -2.16. The Morgan fingerprint density at radius 1 is 0.864 bits per heavy atom. The molecule has 0 unspecified atom stereocenters. The third kappa shape index (κ3) is 3.40. The van der Waals surface area contributed by atoms with Crippen LogP contribution in [0.15, 0.2) is 61.7 Å². The average Bonchev–Trinajstić information content (AvgIpc) is 2.51. The van der Waals surface area contributed by atoms with E-state index in [1.165, 1.54) is 0 Å². The van der Waals surface area contributed by atoms with E-state index < -0.39 is 0 Å². The van der Waals surface area contributed by atoms with Gasteiger partial charge in [-0.2, -0.15) is 0 Å². The van der Waals surface area contributed by atoms with Crippen LogP contribution in [0.1, 0.15) is 35.1 Å². The molecule has 0 aromatic heterocycles. The van der Waals surface area contributed by atoms with Crippen LogP contribution in [0.5, 0.6) is 11.5 Å². The molecule has 0 saturated carbocycles. The quantitative estimate of drug-likeness (QED) is 0.758. The van der Waals surface area contributed by atoms with E-state index in [2.05, 4.69) is 20.1 Å². The third-order valence-electron chi connectivity index (χ3n) is 3.94. The molecule has 0 heterocycles. The fraction of sp³-hybridized carbons (Fsp3) is 0.200. The molecule has 0 bridgehead atoms. The Bertz CT molecular complexity index is 627. The summed E-state index contributed by atoms with van der Waals surface area (Å²) in [6, 6.07) is 11.4. The Labute approximate surface area is 132 Å². The number of aromatic hydroxyl groups is 2. The van der Waals surface area contributed by atoms with E-state index in [1.807, 2.05) is 24.3 Å². The summed E-state index contributed by atoms with van der Waals surface area (Å²) in [5, 5.41) is 19.8. The van der Waals surface area contributed by atoms with Crippen molar-refractivity contribution >= 4 is 0 Å². The molecule has 22 heavy (non-hydrogen) atoms. The monoisotopic (exact) mass is 294 g/mol. The summed E-state index contributed by atoms with van der Waals surface area (Å²) < 4.78 is 0. The molecule has 2 aromatic carbocycles. The molecule has 0 amide bonds. The second-order valence-electron chi connectivity index (χ2n) is 5.48. The Hall–Kier alpha value is -2.48. The smallest absolute Gasteiger partial charge is 0.119 e. The molecule has 114 valence electrons. The maximum absolute atomic E-state index is 9.88. The van der Waals surface area contributed by atoms with Crippen molar-refractivity contribution in [3.05, 3.63) is 84.0 Å². The lowest BCUT2D eigenvalue weighted by molar-refractivity contribution is 0.469. The minimum Gasteiger partial charge on any atom is -0.508 e. The van der Waals surface area contributed by atoms with Crippen molar-refractivity contribution in [2.24, 2.45) is 0 Å². The van der Waals surface area contributed by atoms with Crippen LogP contribution in [-0.2, 0) is 12.8 Å². The summed E-state index contributed by atoms with van der Waals surface area (Å²) in [6.07, 6.45) is 4.85. The molecule has 0 atom stereocenters. The van der Waals surface area contributed by atoms with E-state index >= 15 is 0 Å². The van der Waals surface area contributed by atoms with Gasteiger partial charge in [0.05, 0.1) is 0 Å². The van der Waals surface area contributed by atoms with Gasteiger partial charge in [-0.25, -0.2) is 0 Å². The first-order valence-corrected chi connectivity index (χ1v) is 7.42. The number of hydrogen-bond donors (Lipinski definition) is 2. The molecular formula is C20H22O2. The van der Waals surface area contributed by atoms with E-state index in [0.717, 1.165) is 22.3 Å². The molecule has 2 heteroatoms. The second kappa shape index (κ2) is 6.99.